The average Bonchev–Trinajstić information content (AvgIpc) is 2.67. The minimum Gasteiger partial charge on any atom is -0.375 e. The van der Waals surface area contributed by atoms with Gasteiger partial charge in [-0.05, 0) is 51.4 Å². The van der Waals surface area contributed by atoms with Crippen LogP contribution in [-0.2, 0) is 4.74 Å². The molecule has 1 heterocycles. The number of hydrogen-bond donors (Lipinski definition) is 1. The van der Waals surface area contributed by atoms with Crippen molar-refractivity contribution in [2.24, 2.45) is 0 Å². The van der Waals surface area contributed by atoms with Crippen molar-refractivity contribution in [2.45, 2.75) is 140 Å². The molecule has 1 N–H and O–H groups in total. The van der Waals surface area contributed by atoms with Gasteiger partial charge >= 0.3 is 0 Å². The second-order valence-electron chi connectivity index (χ2n) is 8.79. The molecule has 0 radical (unpaired) electrons. The lowest BCUT2D eigenvalue weighted by Gasteiger charge is -2.32. The zero-order chi connectivity index (χ0) is 16.5. The van der Waals surface area contributed by atoms with Crippen LogP contribution in [0.5, 0.6) is 0 Å². The molecule has 0 aromatic rings. The third-order valence-electron chi connectivity index (χ3n) is 6.69. The molecule has 2 aliphatic carbocycles. The molecular weight excluding hydrogens is 294 g/mol. The lowest BCUT2D eigenvalue weighted by Crippen LogP contribution is -2.41. The molecule has 4 atom stereocenters. The molecular formula is C22H41NO. The zero-order valence-corrected chi connectivity index (χ0v) is 15.9. The van der Waals surface area contributed by atoms with E-state index in [1.807, 2.05) is 0 Å². The van der Waals surface area contributed by atoms with E-state index in [1.165, 1.54) is 116 Å². The Morgan fingerprint density at radius 1 is 0.417 bits per heavy atom. The molecule has 1 aliphatic heterocycles. The molecule has 4 bridgehead atoms. The van der Waals surface area contributed by atoms with Gasteiger partial charge in [-0.3, -0.25) is 0 Å². The standard InChI is InChI=1S/C22H41NO/c1-3-7-11-19-15-17-21(13-9-5-1)24-22-14-10-6-2-4-8-12-20(23-19)16-18-22/h19-23H,1-18H2. The van der Waals surface area contributed by atoms with Gasteiger partial charge in [0, 0.05) is 12.1 Å². The fourth-order valence-corrected chi connectivity index (χ4v) is 5.15. The maximum absolute atomic E-state index is 6.72. The smallest absolute Gasteiger partial charge is 0.0579 e. The molecule has 2 saturated carbocycles. The summed E-state index contributed by atoms with van der Waals surface area (Å²) in [4.78, 5) is 0. The van der Waals surface area contributed by atoms with Crippen LogP contribution >= 0.6 is 0 Å². The Labute approximate surface area is 150 Å². The number of rotatable bonds is 0. The van der Waals surface area contributed by atoms with Crippen molar-refractivity contribution < 1.29 is 4.74 Å². The van der Waals surface area contributed by atoms with Crippen LogP contribution < -0.4 is 5.32 Å². The number of hydrogen-bond acceptors (Lipinski definition) is 2. The normalized spacial score (nSPS) is 38.0. The Morgan fingerprint density at radius 3 is 1.33 bits per heavy atom. The summed E-state index contributed by atoms with van der Waals surface area (Å²) in [6.07, 6.45) is 26.0. The van der Waals surface area contributed by atoms with Crippen molar-refractivity contribution in [1.29, 1.82) is 0 Å². The molecule has 1 saturated heterocycles. The minimum atomic E-state index is 0.541. The van der Waals surface area contributed by atoms with E-state index in [2.05, 4.69) is 5.32 Å². The minimum absolute atomic E-state index is 0.541. The summed E-state index contributed by atoms with van der Waals surface area (Å²) in [6, 6.07) is 1.50. The molecule has 4 unspecified atom stereocenters. The quantitative estimate of drug-likeness (QED) is 0.575. The third-order valence-corrected chi connectivity index (χ3v) is 6.69. The molecule has 0 aromatic heterocycles. The van der Waals surface area contributed by atoms with E-state index in [-0.39, 0.29) is 0 Å². The van der Waals surface area contributed by atoms with Gasteiger partial charge in [-0.15, -0.1) is 0 Å². The lowest BCUT2D eigenvalue weighted by atomic mass is 9.95. The van der Waals surface area contributed by atoms with E-state index in [0.29, 0.717) is 12.2 Å². The summed E-state index contributed by atoms with van der Waals surface area (Å²) < 4.78 is 6.72. The van der Waals surface area contributed by atoms with Gasteiger partial charge in [0.25, 0.3) is 0 Å². The maximum atomic E-state index is 6.72. The van der Waals surface area contributed by atoms with Gasteiger partial charge in [-0.25, -0.2) is 0 Å². The topological polar surface area (TPSA) is 21.3 Å². The van der Waals surface area contributed by atoms with E-state index in [1.54, 1.807) is 0 Å². The Kier molecular flexibility index (Phi) is 8.42. The summed E-state index contributed by atoms with van der Waals surface area (Å²) >= 11 is 0. The monoisotopic (exact) mass is 335 g/mol. The molecule has 2 heteroatoms. The second kappa shape index (κ2) is 10.8. The second-order valence-corrected chi connectivity index (χ2v) is 8.79. The molecule has 0 spiro atoms. The molecule has 24 heavy (non-hydrogen) atoms. The van der Waals surface area contributed by atoms with E-state index in [9.17, 15) is 0 Å². The largest absolute Gasteiger partial charge is 0.375 e. The number of fused-ring (bicyclic) bond motifs is 6. The highest BCUT2D eigenvalue weighted by Gasteiger charge is 2.24. The Balaban J connectivity index is 1.69. The summed E-state index contributed by atoms with van der Waals surface area (Å²) in [5.41, 5.74) is 0. The first-order chi connectivity index (χ1) is 11.9. The van der Waals surface area contributed by atoms with Gasteiger partial charge in [0.05, 0.1) is 12.2 Å². The van der Waals surface area contributed by atoms with E-state index >= 15 is 0 Å². The van der Waals surface area contributed by atoms with Crippen LogP contribution in [0.3, 0.4) is 0 Å². The highest BCUT2D eigenvalue weighted by atomic mass is 16.5. The average molecular weight is 336 g/mol. The predicted octanol–water partition coefficient (Wildman–Crippen LogP) is 6.13. The van der Waals surface area contributed by atoms with E-state index < -0.39 is 0 Å². The van der Waals surface area contributed by atoms with Crippen molar-refractivity contribution >= 4 is 0 Å². The summed E-state index contributed by atoms with van der Waals surface area (Å²) in [7, 11) is 0. The van der Waals surface area contributed by atoms with Gasteiger partial charge < -0.3 is 10.1 Å². The van der Waals surface area contributed by atoms with Crippen LogP contribution in [0.25, 0.3) is 0 Å². The molecule has 0 amide bonds. The van der Waals surface area contributed by atoms with Crippen molar-refractivity contribution in [1.82, 2.24) is 5.32 Å². The van der Waals surface area contributed by atoms with Gasteiger partial charge in [0.1, 0.15) is 0 Å². The first kappa shape index (κ1) is 18.7. The fraction of sp³-hybridized carbons (Fsp3) is 1.00. The maximum Gasteiger partial charge on any atom is 0.0579 e. The first-order valence-electron chi connectivity index (χ1n) is 11.3. The van der Waals surface area contributed by atoms with Crippen LogP contribution in [0.15, 0.2) is 0 Å². The zero-order valence-electron chi connectivity index (χ0n) is 15.9. The van der Waals surface area contributed by atoms with Crippen molar-refractivity contribution in [3.63, 3.8) is 0 Å². The summed E-state index contributed by atoms with van der Waals surface area (Å²) in [5, 5.41) is 4.12. The first-order valence-corrected chi connectivity index (χ1v) is 11.3. The van der Waals surface area contributed by atoms with Crippen LogP contribution in [0.2, 0.25) is 0 Å². The molecule has 3 aliphatic rings. The molecule has 140 valence electrons. The Morgan fingerprint density at radius 2 is 0.833 bits per heavy atom. The van der Waals surface area contributed by atoms with Crippen LogP contribution in [0, 0.1) is 0 Å². The highest BCUT2D eigenvalue weighted by Crippen LogP contribution is 2.27. The highest BCUT2D eigenvalue weighted by molar-refractivity contribution is 4.81. The Hall–Kier alpha value is -0.0800. The van der Waals surface area contributed by atoms with Crippen LogP contribution in [-0.4, -0.2) is 24.3 Å². The van der Waals surface area contributed by atoms with Crippen LogP contribution in [0.4, 0.5) is 0 Å². The van der Waals surface area contributed by atoms with Crippen LogP contribution in [0.1, 0.15) is 116 Å². The predicted molar refractivity (Wildman–Crippen MR) is 102 cm³/mol. The Bertz CT molecular complexity index is 272. The van der Waals surface area contributed by atoms with Crippen molar-refractivity contribution in [2.75, 3.05) is 0 Å². The van der Waals surface area contributed by atoms with Crippen molar-refractivity contribution in [3.8, 4) is 0 Å². The third kappa shape index (κ3) is 6.67. The summed E-state index contributed by atoms with van der Waals surface area (Å²) in [5.74, 6) is 0. The molecule has 3 fully saturated rings. The number of nitrogens with one attached hydrogen (secondary N) is 1. The number of ether oxygens (including phenoxy) is 1. The van der Waals surface area contributed by atoms with E-state index in [4.69, 9.17) is 4.74 Å². The summed E-state index contributed by atoms with van der Waals surface area (Å²) in [6.45, 7) is 0. The van der Waals surface area contributed by atoms with E-state index in [0.717, 1.165) is 12.1 Å². The van der Waals surface area contributed by atoms with Gasteiger partial charge in [-0.2, -0.15) is 0 Å². The lowest BCUT2D eigenvalue weighted by molar-refractivity contribution is -0.0367. The van der Waals surface area contributed by atoms with Gasteiger partial charge in [0.15, 0.2) is 0 Å². The molecule has 3 rings (SSSR count). The molecule has 0 aromatic carbocycles. The van der Waals surface area contributed by atoms with Gasteiger partial charge in [0.2, 0.25) is 0 Å². The molecule has 2 nitrogen and oxygen atoms in total. The SMILES string of the molecule is C1CCCC2CCC(CCC1)OC1CCCCCCCC(CC1)N2. The van der Waals surface area contributed by atoms with Gasteiger partial charge in [-0.1, -0.05) is 64.2 Å². The fourth-order valence-electron chi connectivity index (χ4n) is 5.15. The van der Waals surface area contributed by atoms with Crippen molar-refractivity contribution in [3.05, 3.63) is 0 Å².